The topological polar surface area (TPSA) is 71.8 Å². The molecule has 148 valence electrons. The molecule has 27 heavy (non-hydrogen) atoms. The van der Waals surface area contributed by atoms with Crippen LogP contribution in [-0.2, 0) is 6.54 Å². The first-order valence-electron chi connectivity index (χ1n) is 10.0. The first-order chi connectivity index (χ1) is 13.2. The number of furan rings is 1. The predicted octanol–water partition coefficient (Wildman–Crippen LogP) is 1.35. The van der Waals surface area contributed by atoms with Gasteiger partial charge < -0.3 is 19.3 Å². The van der Waals surface area contributed by atoms with Crippen LogP contribution in [0.5, 0.6) is 0 Å². The quantitative estimate of drug-likeness (QED) is 0.796. The molecule has 2 aliphatic heterocycles. The van der Waals surface area contributed by atoms with E-state index in [4.69, 9.17) is 4.42 Å². The average Bonchev–Trinajstić information content (AvgIpc) is 3.38. The largest absolute Gasteiger partial charge is 0.458 e. The van der Waals surface area contributed by atoms with E-state index in [2.05, 4.69) is 31.9 Å². The molecule has 0 spiro atoms. The van der Waals surface area contributed by atoms with Crippen LogP contribution in [0, 0.1) is 11.8 Å². The lowest BCUT2D eigenvalue weighted by molar-refractivity contribution is 0.165. The molecule has 7 nitrogen and oxygen atoms in total. The molecule has 0 bridgehead atoms. The third-order valence-electron chi connectivity index (χ3n) is 6.00. The molecule has 2 aromatic rings. The Morgan fingerprint density at radius 1 is 1.11 bits per heavy atom. The Kier molecular flexibility index (Phi) is 5.92. The normalized spacial score (nSPS) is 25.9. The summed E-state index contributed by atoms with van der Waals surface area (Å²) < 4.78 is 5.98. The summed E-state index contributed by atoms with van der Waals surface area (Å²) in [7, 11) is 2.21. The molecule has 0 amide bonds. The summed E-state index contributed by atoms with van der Waals surface area (Å²) in [4.78, 5) is 7.42. The van der Waals surface area contributed by atoms with E-state index in [0.717, 1.165) is 56.5 Å². The Labute approximate surface area is 160 Å². The van der Waals surface area contributed by atoms with E-state index in [9.17, 15) is 5.11 Å². The van der Waals surface area contributed by atoms with Gasteiger partial charge in [0.15, 0.2) is 5.76 Å². The molecule has 4 heterocycles. The van der Waals surface area contributed by atoms with Crippen LogP contribution in [0.3, 0.4) is 0 Å². The smallest absolute Gasteiger partial charge is 0.152 e. The molecule has 0 unspecified atom stereocenters. The van der Waals surface area contributed by atoms with Gasteiger partial charge in [-0.1, -0.05) is 0 Å². The molecular formula is C20H31N5O2. The lowest BCUT2D eigenvalue weighted by Crippen LogP contribution is -2.36. The minimum Gasteiger partial charge on any atom is -0.458 e. The van der Waals surface area contributed by atoms with Gasteiger partial charge in [0.05, 0.1) is 6.54 Å². The number of aliphatic hydroxyl groups excluding tert-OH is 1. The fourth-order valence-electron chi connectivity index (χ4n) is 4.41. The Hall–Kier alpha value is -1.67. The van der Waals surface area contributed by atoms with Gasteiger partial charge in [-0.05, 0) is 56.6 Å². The Morgan fingerprint density at radius 3 is 2.81 bits per heavy atom. The van der Waals surface area contributed by atoms with Crippen molar-refractivity contribution in [2.24, 2.45) is 11.8 Å². The second-order valence-electron chi connectivity index (χ2n) is 8.09. The van der Waals surface area contributed by atoms with Crippen LogP contribution in [0.25, 0.3) is 11.5 Å². The number of nitrogens with zero attached hydrogens (tertiary/aromatic N) is 4. The van der Waals surface area contributed by atoms with E-state index in [1.54, 1.807) is 6.20 Å². The number of aliphatic hydroxyl groups is 1. The summed E-state index contributed by atoms with van der Waals surface area (Å²) in [5, 5.41) is 16.8. The zero-order chi connectivity index (χ0) is 18.6. The van der Waals surface area contributed by atoms with E-state index < -0.39 is 0 Å². The second-order valence-corrected chi connectivity index (χ2v) is 8.09. The molecule has 2 saturated heterocycles. The van der Waals surface area contributed by atoms with Crippen molar-refractivity contribution in [2.45, 2.75) is 13.0 Å². The average molecular weight is 374 g/mol. The van der Waals surface area contributed by atoms with Crippen LogP contribution in [0.1, 0.15) is 12.2 Å². The standard InChI is InChI=1S/C20H31N5O2/c1-23-7-2-8-24(10-9-23)11-16-12-25(13-17(16)15-26)14-18-3-4-20(27-18)19-5-6-21-22-19/h3-6,16-17,26H,2,7-15H2,1H3,(H,21,22)/t16-,17-/m1/s1. The van der Waals surface area contributed by atoms with Crippen LogP contribution in [-0.4, -0.2) is 89.5 Å². The lowest BCUT2D eigenvalue weighted by Gasteiger charge is -2.26. The molecule has 7 heteroatoms. The molecule has 0 aromatic carbocycles. The molecule has 2 aliphatic rings. The van der Waals surface area contributed by atoms with Gasteiger partial charge in [0, 0.05) is 45.5 Å². The summed E-state index contributed by atoms with van der Waals surface area (Å²) in [5.74, 6) is 2.67. The number of likely N-dealkylation sites (N-methyl/N-ethyl adjacent to an activating group) is 1. The first kappa shape index (κ1) is 18.7. The SMILES string of the molecule is CN1CCCN(C[C@@H]2CN(Cc3ccc(-c4ccn[nH]4)o3)C[C@@H]2CO)CC1. The highest BCUT2D eigenvalue weighted by Gasteiger charge is 2.34. The maximum absolute atomic E-state index is 9.89. The fourth-order valence-corrected chi connectivity index (χ4v) is 4.41. The van der Waals surface area contributed by atoms with Gasteiger partial charge in [-0.15, -0.1) is 0 Å². The Morgan fingerprint density at radius 2 is 2.00 bits per heavy atom. The summed E-state index contributed by atoms with van der Waals surface area (Å²) in [5.41, 5.74) is 0.903. The summed E-state index contributed by atoms with van der Waals surface area (Å²) in [6.07, 6.45) is 2.97. The van der Waals surface area contributed by atoms with Crippen molar-refractivity contribution in [3.63, 3.8) is 0 Å². The van der Waals surface area contributed by atoms with Crippen LogP contribution >= 0.6 is 0 Å². The molecule has 2 fully saturated rings. The van der Waals surface area contributed by atoms with Gasteiger partial charge in [-0.25, -0.2) is 0 Å². The van der Waals surface area contributed by atoms with Gasteiger partial charge in [0.25, 0.3) is 0 Å². The molecule has 2 aromatic heterocycles. The zero-order valence-corrected chi connectivity index (χ0v) is 16.2. The highest BCUT2D eigenvalue weighted by atomic mass is 16.3. The fraction of sp³-hybridized carbons (Fsp3) is 0.650. The molecule has 0 radical (unpaired) electrons. The van der Waals surface area contributed by atoms with Crippen molar-refractivity contribution >= 4 is 0 Å². The molecular weight excluding hydrogens is 342 g/mol. The predicted molar refractivity (Wildman–Crippen MR) is 104 cm³/mol. The lowest BCUT2D eigenvalue weighted by atomic mass is 9.96. The number of likely N-dealkylation sites (tertiary alicyclic amines) is 1. The number of H-pyrrole nitrogens is 1. The van der Waals surface area contributed by atoms with Gasteiger partial charge in [0.2, 0.25) is 0 Å². The van der Waals surface area contributed by atoms with Crippen molar-refractivity contribution < 1.29 is 9.52 Å². The van der Waals surface area contributed by atoms with Gasteiger partial charge in [-0.3, -0.25) is 10.00 Å². The summed E-state index contributed by atoms with van der Waals surface area (Å²) >= 11 is 0. The molecule has 4 rings (SSSR count). The highest BCUT2D eigenvalue weighted by molar-refractivity contribution is 5.51. The minimum atomic E-state index is 0.270. The van der Waals surface area contributed by atoms with E-state index in [0.29, 0.717) is 11.8 Å². The number of aromatic nitrogens is 2. The van der Waals surface area contributed by atoms with Crippen molar-refractivity contribution in [3.8, 4) is 11.5 Å². The van der Waals surface area contributed by atoms with E-state index >= 15 is 0 Å². The zero-order valence-electron chi connectivity index (χ0n) is 16.2. The number of aromatic amines is 1. The Bertz CT molecular complexity index is 701. The third kappa shape index (κ3) is 4.60. The van der Waals surface area contributed by atoms with Gasteiger partial charge in [-0.2, -0.15) is 5.10 Å². The van der Waals surface area contributed by atoms with Crippen molar-refractivity contribution in [3.05, 3.63) is 30.2 Å². The second kappa shape index (κ2) is 8.56. The number of hydrogen-bond donors (Lipinski definition) is 2. The molecule has 2 N–H and O–H groups in total. The van der Waals surface area contributed by atoms with Crippen molar-refractivity contribution in [1.82, 2.24) is 24.9 Å². The van der Waals surface area contributed by atoms with Crippen LogP contribution in [0.4, 0.5) is 0 Å². The van der Waals surface area contributed by atoms with Crippen LogP contribution in [0.2, 0.25) is 0 Å². The maximum Gasteiger partial charge on any atom is 0.152 e. The van der Waals surface area contributed by atoms with E-state index in [1.807, 2.05) is 18.2 Å². The van der Waals surface area contributed by atoms with Crippen molar-refractivity contribution in [2.75, 3.05) is 59.5 Å². The van der Waals surface area contributed by atoms with E-state index in [-0.39, 0.29) is 6.61 Å². The monoisotopic (exact) mass is 373 g/mol. The maximum atomic E-state index is 9.89. The Balaban J connectivity index is 1.34. The van der Waals surface area contributed by atoms with Gasteiger partial charge in [0.1, 0.15) is 11.5 Å². The van der Waals surface area contributed by atoms with Crippen molar-refractivity contribution in [1.29, 1.82) is 0 Å². The number of nitrogens with one attached hydrogen (secondary N) is 1. The van der Waals surface area contributed by atoms with Crippen LogP contribution < -0.4 is 0 Å². The number of hydrogen-bond acceptors (Lipinski definition) is 6. The molecule has 0 saturated carbocycles. The molecule has 2 atom stereocenters. The van der Waals surface area contributed by atoms with E-state index in [1.165, 1.54) is 19.5 Å². The minimum absolute atomic E-state index is 0.270. The van der Waals surface area contributed by atoms with Gasteiger partial charge >= 0.3 is 0 Å². The number of rotatable bonds is 6. The van der Waals surface area contributed by atoms with Crippen LogP contribution in [0.15, 0.2) is 28.8 Å². The molecule has 0 aliphatic carbocycles. The summed E-state index contributed by atoms with van der Waals surface area (Å²) in [6.45, 7) is 8.76. The highest BCUT2D eigenvalue weighted by Crippen LogP contribution is 2.27. The summed E-state index contributed by atoms with van der Waals surface area (Å²) in [6, 6.07) is 5.95. The first-order valence-corrected chi connectivity index (χ1v) is 10.0. The third-order valence-corrected chi connectivity index (χ3v) is 6.00.